The lowest BCUT2D eigenvalue weighted by Gasteiger charge is -2.36. The number of carbonyl (C=O) groups is 1. The Kier molecular flexibility index (Phi) is 6.27. The van der Waals surface area contributed by atoms with Crippen LogP contribution >= 0.6 is 0 Å². The van der Waals surface area contributed by atoms with Gasteiger partial charge in [0.2, 0.25) is 11.7 Å². The Hall–Kier alpha value is -4.06. The first-order valence-electron chi connectivity index (χ1n) is 11.3. The van der Waals surface area contributed by atoms with E-state index in [0.717, 1.165) is 12.1 Å². The number of aromatic nitrogens is 5. The van der Waals surface area contributed by atoms with E-state index in [4.69, 9.17) is 4.52 Å². The molecular weight excluding hydrogens is 475 g/mol. The first-order valence-corrected chi connectivity index (χ1v) is 11.3. The predicted octanol–water partition coefficient (Wildman–Crippen LogP) is 3.86. The summed E-state index contributed by atoms with van der Waals surface area (Å²) >= 11 is 0. The number of amides is 1. The zero-order valence-corrected chi connectivity index (χ0v) is 19.3. The zero-order chi connectivity index (χ0) is 25.3. The molecule has 1 atom stereocenters. The second kappa shape index (κ2) is 9.53. The van der Waals surface area contributed by atoms with Gasteiger partial charge in [0.05, 0.1) is 11.6 Å². The van der Waals surface area contributed by atoms with E-state index in [-0.39, 0.29) is 23.3 Å². The molecule has 36 heavy (non-hydrogen) atoms. The second-order valence-corrected chi connectivity index (χ2v) is 8.41. The maximum Gasteiger partial charge on any atom is 0.416 e. The van der Waals surface area contributed by atoms with Gasteiger partial charge in [-0.05, 0) is 31.2 Å². The molecule has 9 nitrogen and oxygen atoms in total. The predicted molar refractivity (Wildman–Crippen MR) is 122 cm³/mol. The fraction of sp³-hybridized carbons (Fsp3) is 0.292. The maximum absolute atomic E-state index is 13.1. The van der Waals surface area contributed by atoms with Crippen molar-refractivity contribution in [2.24, 2.45) is 0 Å². The molecule has 1 amide bonds. The average Bonchev–Trinajstić information content (AvgIpc) is 3.61. The van der Waals surface area contributed by atoms with E-state index in [9.17, 15) is 18.0 Å². The third-order valence-corrected chi connectivity index (χ3v) is 6.16. The van der Waals surface area contributed by atoms with Crippen LogP contribution in [-0.4, -0.2) is 66.6 Å². The molecule has 0 saturated carbocycles. The molecule has 186 valence electrons. The second-order valence-electron chi connectivity index (χ2n) is 8.41. The molecule has 1 fully saturated rings. The summed E-state index contributed by atoms with van der Waals surface area (Å²) in [6, 6.07) is 7.98. The van der Waals surface area contributed by atoms with Crippen LogP contribution in [0.4, 0.5) is 13.2 Å². The number of nitrogens with zero attached hydrogens (tertiary/aromatic N) is 7. The van der Waals surface area contributed by atoms with Gasteiger partial charge in [-0.15, -0.1) is 0 Å². The van der Waals surface area contributed by atoms with Crippen molar-refractivity contribution < 1.29 is 22.5 Å². The lowest BCUT2D eigenvalue weighted by molar-refractivity contribution is -0.137. The van der Waals surface area contributed by atoms with Gasteiger partial charge in [0.25, 0.3) is 5.91 Å². The van der Waals surface area contributed by atoms with Crippen molar-refractivity contribution in [1.29, 1.82) is 0 Å². The molecule has 4 aromatic rings. The van der Waals surface area contributed by atoms with Gasteiger partial charge in [0.1, 0.15) is 12.1 Å². The SMILES string of the molecule is CC(c1nc(-c2cccc(C(F)(F)F)c2)no1)N1CCN(C(=O)c2ccnc(-n3ccnc3)c2)CC1. The van der Waals surface area contributed by atoms with Crippen LogP contribution in [0.25, 0.3) is 17.2 Å². The number of hydrogen-bond acceptors (Lipinski definition) is 7. The summed E-state index contributed by atoms with van der Waals surface area (Å²) in [7, 11) is 0. The van der Waals surface area contributed by atoms with Gasteiger partial charge in [-0.25, -0.2) is 9.97 Å². The van der Waals surface area contributed by atoms with E-state index in [2.05, 4.69) is 25.0 Å². The Labute approximate surface area is 204 Å². The average molecular weight is 497 g/mol. The monoisotopic (exact) mass is 497 g/mol. The Balaban J connectivity index is 1.22. The van der Waals surface area contributed by atoms with E-state index in [1.807, 2.05) is 6.92 Å². The Bertz CT molecular complexity index is 1350. The third-order valence-electron chi connectivity index (χ3n) is 6.16. The van der Waals surface area contributed by atoms with Crippen molar-refractivity contribution in [3.63, 3.8) is 0 Å². The van der Waals surface area contributed by atoms with E-state index in [1.54, 1.807) is 46.5 Å². The molecule has 0 spiro atoms. The number of carbonyl (C=O) groups excluding carboxylic acids is 1. The molecule has 1 aliphatic rings. The summed E-state index contributed by atoms with van der Waals surface area (Å²) in [4.78, 5) is 29.6. The minimum atomic E-state index is -4.45. The zero-order valence-electron chi connectivity index (χ0n) is 19.3. The fourth-order valence-electron chi connectivity index (χ4n) is 4.10. The first-order chi connectivity index (χ1) is 17.3. The molecular formula is C24H22F3N7O2. The summed E-state index contributed by atoms with van der Waals surface area (Å²) < 4.78 is 46.2. The number of halogens is 3. The maximum atomic E-state index is 13.1. The number of pyridine rings is 1. The van der Waals surface area contributed by atoms with Gasteiger partial charge in [0.15, 0.2) is 0 Å². The molecule has 0 radical (unpaired) electrons. The summed E-state index contributed by atoms with van der Waals surface area (Å²) in [6.07, 6.45) is 2.16. The van der Waals surface area contributed by atoms with E-state index in [1.165, 1.54) is 12.1 Å². The minimum Gasteiger partial charge on any atom is -0.337 e. The number of piperazine rings is 1. The molecule has 0 aliphatic carbocycles. The van der Waals surface area contributed by atoms with Gasteiger partial charge in [-0.3, -0.25) is 14.3 Å². The Morgan fingerprint density at radius 1 is 1.08 bits per heavy atom. The largest absolute Gasteiger partial charge is 0.416 e. The fourth-order valence-corrected chi connectivity index (χ4v) is 4.10. The van der Waals surface area contributed by atoms with Gasteiger partial charge >= 0.3 is 6.18 Å². The highest BCUT2D eigenvalue weighted by Gasteiger charge is 2.31. The lowest BCUT2D eigenvalue weighted by atomic mass is 10.1. The van der Waals surface area contributed by atoms with E-state index >= 15 is 0 Å². The van der Waals surface area contributed by atoms with Crippen LogP contribution in [0.3, 0.4) is 0 Å². The van der Waals surface area contributed by atoms with Crippen LogP contribution in [-0.2, 0) is 6.18 Å². The molecule has 1 saturated heterocycles. The van der Waals surface area contributed by atoms with E-state index < -0.39 is 11.7 Å². The van der Waals surface area contributed by atoms with Crippen LogP contribution in [0.1, 0.15) is 34.8 Å². The van der Waals surface area contributed by atoms with Crippen LogP contribution < -0.4 is 0 Å². The standard InChI is InChI=1S/C24H22F3N7O2/c1-16(22-30-21(31-36-22)17-3-2-4-19(13-17)24(25,26)27)32-9-11-33(12-10-32)23(35)18-5-6-29-20(14-18)34-8-7-28-15-34/h2-8,13-16H,9-12H2,1H3. The molecule has 1 aromatic carbocycles. The number of rotatable bonds is 5. The first kappa shape index (κ1) is 23.7. The Morgan fingerprint density at radius 2 is 1.89 bits per heavy atom. The molecule has 5 rings (SSSR count). The summed E-state index contributed by atoms with van der Waals surface area (Å²) in [6.45, 7) is 4.05. The molecule has 0 N–H and O–H groups in total. The van der Waals surface area contributed by atoms with Gasteiger partial charge in [-0.1, -0.05) is 17.3 Å². The smallest absolute Gasteiger partial charge is 0.337 e. The third kappa shape index (κ3) is 4.85. The quantitative estimate of drug-likeness (QED) is 0.413. The van der Waals surface area contributed by atoms with Gasteiger partial charge < -0.3 is 9.42 Å². The molecule has 4 heterocycles. The van der Waals surface area contributed by atoms with Crippen molar-refractivity contribution in [3.05, 3.63) is 78.3 Å². The number of alkyl halides is 3. The normalized spacial score (nSPS) is 15.7. The lowest BCUT2D eigenvalue weighted by Crippen LogP contribution is -2.49. The van der Waals surface area contributed by atoms with E-state index in [0.29, 0.717) is 43.5 Å². The van der Waals surface area contributed by atoms with Crippen LogP contribution in [0.2, 0.25) is 0 Å². The molecule has 0 bridgehead atoms. The Morgan fingerprint density at radius 3 is 2.61 bits per heavy atom. The molecule has 1 unspecified atom stereocenters. The van der Waals surface area contributed by atoms with Gasteiger partial charge in [-0.2, -0.15) is 18.2 Å². The molecule has 3 aromatic heterocycles. The van der Waals surface area contributed by atoms with Crippen molar-refractivity contribution in [2.45, 2.75) is 19.1 Å². The number of hydrogen-bond donors (Lipinski definition) is 0. The topological polar surface area (TPSA) is 93.2 Å². The van der Waals surface area contributed by atoms with Crippen LogP contribution in [0.15, 0.2) is 65.8 Å². The van der Waals surface area contributed by atoms with Gasteiger partial charge in [0, 0.05) is 55.9 Å². The van der Waals surface area contributed by atoms with Crippen molar-refractivity contribution in [1.82, 2.24) is 34.5 Å². The van der Waals surface area contributed by atoms with Crippen LogP contribution in [0, 0.1) is 0 Å². The highest BCUT2D eigenvalue weighted by molar-refractivity contribution is 5.94. The van der Waals surface area contributed by atoms with Crippen molar-refractivity contribution in [2.75, 3.05) is 26.2 Å². The number of imidazole rings is 1. The summed E-state index contributed by atoms with van der Waals surface area (Å²) in [5.41, 5.74) is -0.000727. The minimum absolute atomic E-state index is 0.0873. The highest BCUT2D eigenvalue weighted by atomic mass is 19.4. The highest BCUT2D eigenvalue weighted by Crippen LogP contribution is 2.32. The summed E-state index contributed by atoms with van der Waals surface area (Å²) in [5.74, 6) is 0.929. The molecule has 1 aliphatic heterocycles. The molecule has 12 heteroatoms. The van der Waals surface area contributed by atoms with Crippen LogP contribution in [0.5, 0.6) is 0 Å². The summed E-state index contributed by atoms with van der Waals surface area (Å²) in [5, 5.41) is 3.88. The number of benzene rings is 1. The van der Waals surface area contributed by atoms with Crippen molar-refractivity contribution in [3.8, 4) is 17.2 Å². The van der Waals surface area contributed by atoms with Crippen molar-refractivity contribution >= 4 is 5.91 Å².